The van der Waals surface area contributed by atoms with Crippen molar-refractivity contribution in [3.05, 3.63) is 48.4 Å². The lowest BCUT2D eigenvalue weighted by molar-refractivity contribution is 0.0995. The van der Waals surface area contributed by atoms with Crippen LogP contribution in [0.15, 0.2) is 41.4 Å². The number of para-hydroxylation sites is 1. The van der Waals surface area contributed by atoms with E-state index in [0.29, 0.717) is 17.6 Å². The van der Waals surface area contributed by atoms with Crippen molar-refractivity contribution in [2.45, 2.75) is 13.5 Å². The minimum atomic E-state index is -0.733. The molecule has 0 atom stereocenters. The summed E-state index contributed by atoms with van der Waals surface area (Å²) in [6.07, 6.45) is 4.34. The van der Waals surface area contributed by atoms with Gasteiger partial charge in [-0.1, -0.05) is 6.07 Å². The Kier molecular flexibility index (Phi) is 3.92. The Labute approximate surface area is 152 Å². The second-order valence-corrected chi connectivity index (χ2v) is 5.71. The molecule has 0 radical (unpaired) electrons. The van der Waals surface area contributed by atoms with E-state index in [9.17, 15) is 9.59 Å². The summed E-state index contributed by atoms with van der Waals surface area (Å²) in [6.45, 7) is 2.38. The molecule has 0 saturated carbocycles. The molecule has 0 aliphatic rings. The van der Waals surface area contributed by atoms with Crippen LogP contribution in [0, 0.1) is 0 Å². The number of hydrogen-bond acceptors (Lipinski definition) is 6. The van der Waals surface area contributed by atoms with Crippen molar-refractivity contribution in [2.24, 2.45) is 5.73 Å². The molecule has 2 amide bonds. The van der Waals surface area contributed by atoms with Crippen LogP contribution >= 0.6 is 0 Å². The summed E-state index contributed by atoms with van der Waals surface area (Å²) in [5, 5.41) is 6.62. The standard InChI is InChI=1S/C17H15N7O3/c1-2-24-6-11(14(23-24)15(18)25)21-16(26)12-7-27-17(22-12)9-4-3-5-10-13(9)20-8-19-10/h3-8H,2H2,1H3,(H2,18,25)(H,19,20)(H,21,26). The second kappa shape index (κ2) is 6.41. The number of rotatable bonds is 5. The zero-order chi connectivity index (χ0) is 19.0. The predicted octanol–water partition coefficient (Wildman–Crippen LogP) is 1.79. The maximum absolute atomic E-state index is 12.5. The van der Waals surface area contributed by atoms with E-state index in [-0.39, 0.29) is 23.0 Å². The van der Waals surface area contributed by atoms with Gasteiger partial charge in [0.25, 0.3) is 11.8 Å². The Morgan fingerprint density at radius 1 is 1.37 bits per heavy atom. The van der Waals surface area contributed by atoms with Crippen LogP contribution in [0.1, 0.15) is 27.9 Å². The largest absolute Gasteiger partial charge is 0.444 e. The molecule has 0 aliphatic heterocycles. The monoisotopic (exact) mass is 365 g/mol. The number of H-pyrrole nitrogens is 1. The lowest BCUT2D eigenvalue weighted by Gasteiger charge is -2.00. The lowest BCUT2D eigenvalue weighted by atomic mass is 10.2. The van der Waals surface area contributed by atoms with Crippen molar-refractivity contribution in [1.82, 2.24) is 24.7 Å². The summed E-state index contributed by atoms with van der Waals surface area (Å²) in [5.74, 6) is -1.02. The molecule has 10 nitrogen and oxygen atoms in total. The minimum Gasteiger partial charge on any atom is -0.444 e. The topological polar surface area (TPSA) is 145 Å². The predicted molar refractivity (Wildman–Crippen MR) is 96.0 cm³/mol. The fourth-order valence-electron chi connectivity index (χ4n) is 2.68. The number of carbonyl (C=O) groups is 2. The summed E-state index contributed by atoms with van der Waals surface area (Å²) >= 11 is 0. The van der Waals surface area contributed by atoms with Gasteiger partial charge in [-0.2, -0.15) is 5.10 Å². The first-order chi connectivity index (χ1) is 13.1. The molecule has 136 valence electrons. The third-order valence-electron chi connectivity index (χ3n) is 3.98. The van der Waals surface area contributed by atoms with Crippen LogP contribution in [0.25, 0.3) is 22.5 Å². The first kappa shape index (κ1) is 16.5. The van der Waals surface area contributed by atoms with E-state index in [2.05, 4.69) is 25.4 Å². The van der Waals surface area contributed by atoms with E-state index in [0.717, 1.165) is 5.52 Å². The number of fused-ring (bicyclic) bond motifs is 1. The van der Waals surface area contributed by atoms with Gasteiger partial charge in [-0.25, -0.2) is 9.97 Å². The highest BCUT2D eigenvalue weighted by Crippen LogP contribution is 2.26. The molecule has 4 rings (SSSR count). The average Bonchev–Trinajstić information content (AvgIpc) is 3.39. The molecule has 0 spiro atoms. The summed E-state index contributed by atoms with van der Waals surface area (Å²) in [5.41, 5.74) is 7.73. The number of benzene rings is 1. The average molecular weight is 365 g/mol. The first-order valence-corrected chi connectivity index (χ1v) is 8.13. The second-order valence-electron chi connectivity index (χ2n) is 5.71. The summed E-state index contributed by atoms with van der Waals surface area (Å²) < 4.78 is 6.96. The molecule has 0 saturated heterocycles. The van der Waals surface area contributed by atoms with E-state index in [1.165, 1.54) is 17.1 Å². The molecule has 0 unspecified atom stereocenters. The molecule has 10 heteroatoms. The van der Waals surface area contributed by atoms with Crippen molar-refractivity contribution in [1.29, 1.82) is 0 Å². The Balaban J connectivity index is 1.62. The molecular formula is C17H15N7O3. The van der Waals surface area contributed by atoms with Crippen LogP contribution in [0.4, 0.5) is 5.69 Å². The van der Waals surface area contributed by atoms with E-state index < -0.39 is 11.8 Å². The van der Waals surface area contributed by atoms with Gasteiger partial charge in [-0.05, 0) is 19.1 Å². The molecule has 27 heavy (non-hydrogen) atoms. The molecule has 1 aromatic carbocycles. The SMILES string of the molecule is CCn1cc(NC(=O)c2coc(-c3cccc4[nH]cnc34)n2)c(C(N)=O)n1. The lowest BCUT2D eigenvalue weighted by Crippen LogP contribution is -2.18. The fraction of sp³-hybridized carbons (Fsp3) is 0.118. The van der Waals surface area contributed by atoms with E-state index in [1.54, 1.807) is 12.4 Å². The highest BCUT2D eigenvalue weighted by Gasteiger charge is 2.20. The fourth-order valence-corrected chi connectivity index (χ4v) is 2.68. The Bertz CT molecular complexity index is 1150. The van der Waals surface area contributed by atoms with Gasteiger partial charge in [-0.15, -0.1) is 0 Å². The maximum Gasteiger partial charge on any atom is 0.277 e. The van der Waals surface area contributed by atoms with Crippen molar-refractivity contribution in [3.63, 3.8) is 0 Å². The molecule has 3 aromatic heterocycles. The van der Waals surface area contributed by atoms with E-state index in [4.69, 9.17) is 10.2 Å². The first-order valence-electron chi connectivity index (χ1n) is 8.13. The number of aromatic amines is 1. The summed E-state index contributed by atoms with van der Waals surface area (Å²) in [7, 11) is 0. The van der Waals surface area contributed by atoms with Gasteiger partial charge < -0.3 is 20.5 Å². The Morgan fingerprint density at radius 3 is 3.00 bits per heavy atom. The van der Waals surface area contributed by atoms with Gasteiger partial charge >= 0.3 is 0 Å². The van der Waals surface area contributed by atoms with E-state index in [1.807, 2.05) is 19.1 Å². The number of oxazole rings is 1. The van der Waals surface area contributed by atoms with Crippen LogP contribution in [0.2, 0.25) is 0 Å². The van der Waals surface area contributed by atoms with Gasteiger partial charge in [0.05, 0.1) is 23.1 Å². The molecule has 0 fully saturated rings. The highest BCUT2D eigenvalue weighted by molar-refractivity contribution is 6.07. The van der Waals surface area contributed by atoms with Gasteiger partial charge in [0, 0.05) is 12.7 Å². The minimum absolute atomic E-state index is 0.0183. The number of aromatic nitrogens is 5. The van der Waals surface area contributed by atoms with Gasteiger partial charge in [0.1, 0.15) is 11.8 Å². The molecule has 4 N–H and O–H groups in total. The number of primary amides is 1. The van der Waals surface area contributed by atoms with Crippen molar-refractivity contribution in [2.75, 3.05) is 5.32 Å². The van der Waals surface area contributed by atoms with Crippen LogP contribution < -0.4 is 11.1 Å². The van der Waals surface area contributed by atoms with Crippen molar-refractivity contribution >= 4 is 28.5 Å². The number of nitrogens with one attached hydrogen (secondary N) is 2. The van der Waals surface area contributed by atoms with Gasteiger partial charge in [0.2, 0.25) is 5.89 Å². The Morgan fingerprint density at radius 2 is 2.22 bits per heavy atom. The van der Waals surface area contributed by atoms with Crippen LogP contribution in [-0.4, -0.2) is 36.5 Å². The third-order valence-corrected chi connectivity index (χ3v) is 3.98. The summed E-state index contributed by atoms with van der Waals surface area (Å²) in [6, 6.07) is 5.50. The molecule has 4 aromatic rings. The molecular weight excluding hydrogens is 350 g/mol. The number of aryl methyl sites for hydroxylation is 1. The number of nitrogens with zero attached hydrogens (tertiary/aromatic N) is 4. The maximum atomic E-state index is 12.5. The number of imidazole rings is 1. The number of anilines is 1. The molecule has 0 bridgehead atoms. The number of amides is 2. The van der Waals surface area contributed by atoms with Crippen LogP contribution in [0.3, 0.4) is 0 Å². The van der Waals surface area contributed by atoms with Crippen LogP contribution in [-0.2, 0) is 6.54 Å². The number of nitrogens with two attached hydrogens (primary N) is 1. The normalized spacial score (nSPS) is 11.0. The van der Waals surface area contributed by atoms with Gasteiger partial charge in [-0.3, -0.25) is 14.3 Å². The number of hydrogen-bond donors (Lipinski definition) is 3. The molecule has 3 heterocycles. The zero-order valence-corrected chi connectivity index (χ0v) is 14.3. The Hall–Kier alpha value is -3.95. The smallest absolute Gasteiger partial charge is 0.277 e. The molecule has 0 aliphatic carbocycles. The van der Waals surface area contributed by atoms with Crippen molar-refractivity contribution in [3.8, 4) is 11.5 Å². The quantitative estimate of drug-likeness (QED) is 0.491. The number of carbonyl (C=O) groups excluding carboxylic acids is 2. The summed E-state index contributed by atoms with van der Waals surface area (Å²) in [4.78, 5) is 35.5. The highest BCUT2D eigenvalue weighted by atomic mass is 16.3. The van der Waals surface area contributed by atoms with Crippen molar-refractivity contribution < 1.29 is 14.0 Å². The van der Waals surface area contributed by atoms with E-state index >= 15 is 0 Å². The van der Waals surface area contributed by atoms with Gasteiger partial charge in [0.15, 0.2) is 11.4 Å². The third kappa shape index (κ3) is 2.92. The zero-order valence-electron chi connectivity index (χ0n) is 14.3. The van der Waals surface area contributed by atoms with Crippen LogP contribution in [0.5, 0.6) is 0 Å².